The van der Waals surface area contributed by atoms with Crippen LogP contribution in [-0.2, 0) is 20.1 Å². The molecule has 1 amide bonds. The van der Waals surface area contributed by atoms with E-state index < -0.39 is 12.0 Å². The van der Waals surface area contributed by atoms with Gasteiger partial charge in [0.15, 0.2) is 0 Å². The summed E-state index contributed by atoms with van der Waals surface area (Å²) in [6, 6.07) is 18.3. The van der Waals surface area contributed by atoms with Gasteiger partial charge in [-0.05, 0) is 50.1 Å². The maximum atomic E-state index is 12.1. The van der Waals surface area contributed by atoms with Gasteiger partial charge < -0.3 is 31.2 Å². The van der Waals surface area contributed by atoms with Crippen LogP contribution < -0.4 is 26.4 Å². The van der Waals surface area contributed by atoms with Gasteiger partial charge in [0.25, 0.3) is 0 Å². The number of nitrogens with zero attached hydrogens (tertiary/aromatic N) is 5. The van der Waals surface area contributed by atoms with Crippen molar-refractivity contribution >= 4 is 52.4 Å². The van der Waals surface area contributed by atoms with Crippen molar-refractivity contribution in [2.45, 2.75) is 43.5 Å². The van der Waals surface area contributed by atoms with E-state index in [1.165, 1.54) is 23.1 Å². The lowest BCUT2D eigenvalue weighted by Crippen LogP contribution is -2.42. The second-order valence-corrected chi connectivity index (χ2v) is 13.3. The van der Waals surface area contributed by atoms with E-state index in [1.54, 1.807) is 24.3 Å². The van der Waals surface area contributed by atoms with E-state index in [1.807, 2.05) is 48.4 Å². The predicted molar refractivity (Wildman–Crippen MR) is 201 cm³/mol. The highest BCUT2D eigenvalue weighted by Crippen LogP contribution is 2.39. The van der Waals surface area contributed by atoms with Crippen molar-refractivity contribution in [1.29, 1.82) is 10.5 Å². The number of hydrogen-bond acceptors (Lipinski definition) is 13. The molecule has 266 valence electrons. The van der Waals surface area contributed by atoms with Crippen molar-refractivity contribution in [2.75, 3.05) is 44.3 Å². The Hall–Kier alpha value is -4.70. The third-order valence-electron chi connectivity index (χ3n) is 7.63. The Morgan fingerprint density at radius 3 is 2.35 bits per heavy atom. The lowest BCUT2D eigenvalue weighted by Gasteiger charge is -2.24. The Bertz CT molecular complexity index is 1870. The molecule has 0 fully saturated rings. The third-order valence-corrected chi connectivity index (χ3v) is 9.83. The Kier molecular flexibility index (Phi) is 15.0. The van der Waals surface area contributed by atoms with E-state index in [0.29, 0.717) is 75.8 Å². The van der Waals surface area contributed by atoms with Gasteiger partial charge in [-0.15, -0.1) is 11.3 Å². The standard InChI is InChI=1S/C36H39ClN8O4S2/c1-3-45(4-2)33-28(19-39)32(29(20-40)36(44-33)51-22-26-21-50-35(43-26)24-5-9-25(37)10-6-24)23-7-11-27(12-8-23)48-17-18-49-31(46)14-13-30(41)34(47)42-16-15-38/h5-12,21,30H,3-4,13-18,22,38,41H2,1-2H3,(H,42,47)/t30-/m0/s1. The summed E-state index contributed by atoms with van der Waals surface area (Å²) >= 11 is 8.98. The van der Waals surface area contributed by atoms with E-state index in [9.17, 15) is 20.1 Å². The van der Waals surface area contributed by atoms with Crippen LogP contribution in [0.4, 0.5) is 5.82 Å². The molecule has 0 bridgehead atoms. The normalized spacial score (nSPS) is 11.3. The SMILES string of the molecule is CCN(CC)c1nc(SCc2csc(-c3ccc(Cl)cc3)n2)c(C#N)c(-c2ccc(OCCOC(=O)CC[C@H](N)C(=O)NCCN)cc2)c1C#N. The van der Waals surface area contributed by atoms with Gasteiger partial charge in [-0.25, -0.2) is 9.97 Å². The Labute approximate surface area is 310 Å². The maximum absolute atomic E-state index is 12.1. The summed E-state index contributed by atoms with van der Waals surface area (Å²) in [5, 5.41) is 27.4. The number of nitriles is 2. The topological polar surface area (TPSA) is 193 Å². The summed E-state index contributed by atoms with van der Waals surface area (Å²) in [5.41, 5.74) is 14.8. The van der Waals surface area contributed by atoms with Gasteiger partial charge in [-0.1, -0.05) is 47.6 Å². The number of aromatic nitrogens is 2. The van der Waals surface area contributed by atoms with Crippen molar-refractivity contribution in [1.82, 2.24) is 15.3 Å². The quantitative estimate of drug-likeness (QED) is 0.0658. The first kappa shape index (κ1) is 39.1. The zero-order valence-corrected chi connectivity index (χ0v) is 30.7. The lowest BCUT2D eigenvalue weighted by molar-refractivity contribution is -0.144. The number of nitrogens with two attached hydrogens (primary N) is 2. The fourth-order valence-corrected chi connectivity index (χ4v) is 6.92. The molecule has 4 aromatic rings. The largest absolute Gasteiger partial charge is 0.490 e. The number of esters is 1. The highest BCUT2D eigenvalue weighted by molar-refractivity contribution is 7.98. The van der Waals surface area contributed by atoms with Crippen molar-refractivity contribution < 1.29 is 19.1 Å². The summed E-state index contributed by atoms with van der Waals surface area (Å²) < 4.78 is 11.0. The second kappa shape index (κ2) is 19.6. The monoisotopic (exact) mass is 746 g/mol. The van der Waals surface area contributed by atoms with Gasteiger partial charge in [0.2, 0.25) is 5.91 Å². The lowest BCUT2D eigenvalue weighted by atomic mass is 9.96. The number of thiazole rings is 1. The average Bonchev–Trinajstić information content (AvgIpc) is 3.63. The van der Waals surface area contributed by atoms with Gasteiger partial charge in [0.1, 0.15) is 52.5 Å². The molecule has 0 radical (unpaired) electrons. The van der Waals surface area contributed by atoms with Crippen LogP contribution in [0, 0.1) is 22.7 Å². The van der Waals surface area contributed by atoms with Crippen LogP contribution in [0.1, 0.15) is 43.5 Å². The minimum atomic E-state index is -0.827. The molecular formula is C36H39ClN8O4S2. The molecule has 0 spiro atoms. The zero-order valence-electron chi connectivity index (χ0n) is 28.4. The fourth-order valence-electron chi connectivity index (χ4n) is 4.98. The molecule has 1 atom stereocenters. The van der Waals surface area contributed by atoms with E-state index in [2.05, 4.69) is 17.5 Å². The molecule has 51 heavy (non-hydrogen) atoms. The van der Waals surface area contributed by atoms with Crippen molar-refractivity contribution in [3.05, 3.63) is 75.8 Å². The zero-order chi connectivity index (χ0) is 36.8. The molecular weight excluding hydrogens is 708 g/mol. The summed E-state index contributed by atoms with van der Waals surface area (Å²) in [7, 11) is 0. The van der Waals surface area contributed by atoms with Gasteiger partial charge in [-0.2, -0.15) is 10.5 Å². The van der Waals surface area contributed by atoms with Crippen LogP contribution >= 0.6 is 34.7 Å². The van der Waals surface area contributed by atoms with E-state index in [-0.39, 0.29) is 32.0 Å². The van der Waals surface area contributed by atoms with Gasteiger partial charge >= 0.3 is 5.97 Å². The number of amides is 1. The molecule has 2 aromatic heterocycles. The van der Waals surface area contributed by atoms with E-state index in [0.717, 1.165) is 16.3 Å². The Balaban J connectivity index is 1.47. The molecule has 0 aliphatic rings. The van der Waals surface area contributed by atoms with Crippen LogP contribution in [0.2, 0.25) is 5.02 Å². The molecule has 0 saturated carbocycles. The van der Waals surface area contributed by atoms with Crippen molar-refractivity contribution in [2.24, 2.45) is 11.5 Å². The molecule has 15 heteroatoms. The number of carbonyl (C=O) groups excluding carboxylic acids is 2. The molecule has 0 unspecified atom stereocenters. The number of benzene rings is 2. The first-order valence-corrected chi connectivity index (χ1v) is 18.6. The summed E-state index contributed by atoms with van der Waals surface area (Å²) in [6.07, 6.45) is 0.137. The number of thioether (sulfide) groups is 1. The van der Waals surface area contributed by atoms with Crippen LogP contribution in [0.5, 0.6) is 5.75 Å². The second-order valence-electron chi connectivity index (χ2n) is 11.0. The Morgan fingerprint density at radius 1 is 1.02 bits per heavy atom. The number of rotatable bonds is 18. The van der Waals surface area contributed by atoms with E-state index in [4.69, 9.17) is 42.5 Å². The molecule has 0 aliphatic carbocycles. The Morgan fingerprint density at radius 2 is 1.71 bits per heavy atom. The predicted octanol–water partition coefficient (Wildman–Crippen LogP) is 5.51. The van der Waals surface area contributed by atoms with Crippen LogP contribution in [0.15, 0.2) is 58.9 Å². The maximum Gasteiger partial charge on any atom is 0.305 e. The first-order valence-electron chi connectivity index (χ1n) is 16.3. The number of anilines is 1. The van der Waals surface area contributed by atoms with Crippen molar-refractivity contribution in [3.8, 4) is 39.6 Å². The summed E-state index contributed by atoms with van der Waals surface area (Å²) in [4.78, 5) is 35.6. The molecule has 2 heterocycles. The number of hydrogen-bond donors (Lipinski definition) is 3. The van der Waals surface area contributed by atoms with Crippen LogP contribution in [0.25, 0.3) is 21.7 Å². The van der Waals surface area contributed by atoms with Gasteiger partial charge in [0, 0.05) is 59.9 Å². The number of carbonyl (C=O) groups is 2. The van der Waals surface area contributed by atoms with Crippen LogP contribution in [0.3, 0.4) is 0 Å². The molecule has 2 aromatic carbocycles. The molecule has 5 N–H and O–H groups in total. The highest BCUT2D eigenvalue weighted by Gasteiger charge is 2.24. The number of pyridine rings is 1. The summed E-state index contributed by atoms with van der Waals surface area (Å²) in [6.45, 7) is 5.95. The molecule has 0 aliphatic heterocycles. The van der Waals surface area contributed by atoms with Crippen LogP contribution in [-0.4, -0.2) is 67.3 Å². The van der Waals surface area contributed by atoms with E-state index >= 15 is 0 Å². The highest BCUT2D eigenvalue weighted by atomic mass is 35.5. The minimum Gasteiger partial charge on any atom is -0.490 e. The van der Waals surface area contributed by atoms with Gasteiger partial charge in [-0.3, -0.25) is 9.59 Å². The van der Waals surface area contributed by atoms with Gasteiger partial charge in [0.05, 0.1) is 17.3 Å². The number of nitrogens with one attached hydrogen (secondary N) is 1. The first-order chi connectivity index (χ1) is 24.7. The van der Waals surface area contributed by atoms with Crippen molar-refractivity contribution in [3.63, 3.8) is 0 Å². The number of halogens is 1. The summed E-state index contributed by atoms with van der Waals surface area (Å²) in [5.74, 6) is 0.644. The fraction of sp³-hybridized carbons (Fsp3) is 0.333. The molecule has 12 nitrogen and oxygen atoms in total. The number of ether oxygens (including phenoxy) is 2. The molecule has 0 saturated heterocycles. The smallest absolute Gasteiger partial charge is 0.305 e. The third kappa shape index (κ3) is 10.7. The average molecular weight is 747 g/mol. The molecule has 4 rings (SSSR count). The minimum absolute atomic E-state index is 0.00466.